The quantitative estimate of drug-likeness (QED) is 0.733. The standard InChI is InChI=1S/C12H21N3/c1-5-15(9-8-14(3)4)12-10-11(2)6-7-13-12/h6-7,10H,5,8-9H2,1-4H3. The number of nitrogens with zero attached hydrogens (tertiary/aromatic N) is 3. The highest BCUT2D eigenvalue weighted by Gasteiger charge is 2.05. The van der Waals surface area contributed by atoms with Crippen LogP contribution in [0.15, 0.2) is 18.3 Å². The molecule has 0 unspecified atom stereocenters. The molecule has 3 heteroatoms. The maximum Gasteiger partial charge on any atom is 0.128 e. The summed E-state index contributed by atoms with van der Waals surface area (Å²) in [5.41, 5.74) is 1.27. The lowest BCUT2D eigenvalue weighted by Crippen LogP contribution is -2.32. The van der Waals surface area contributed by atoms with Gasteiger partial charge in [0, 0.05) is 25.8 Å². The predicted octanol–water partition coefficient (Wildman–Crippen LogP) is 1.78. The highest BCUT2D eigenvalue weighted by Crippen LogP contribution is 2.11. The average Bonchev–Trinajstić information content (AvgIpc) is 2.18. The topological polar surface area (TPSA) is 19.4 Å². The first-order chi connectivity index (χ1) is 7.13. The summed E-state index contributed by atoms with van der Waals surface area (Å²) in [6.45, 7) is 7.36. The van der Waals surface area contributed by atoms with Crippen LogP contribution in [-0.4, -0.2) is 43.6 Å². The van der Waals surface area contributed by atoms with Crippen LogP contribution in [0.2, 0.25) is 0 Å². The van der Waals surface area contributed by atoms with Crippen LogP contribution >= 0.6 is 0 Å². The van der Waals surface area contributed by atoms with Crippen LogP contribution in [0.25, 0.3) is 0 Å². The van der Waals surface area contributed by atoms with Crippen molar-refractivity contribution >= 4 is 5.82 Å². The first-order valence-electron chi connectivity index (χ1n) is 5.45. The second-order valence-corrected chi connectivity index (χ2v) is 4.07. The van der Waals surface area contributed by atoms with E-state index in [9.17, 15) is 0 Å². The molecule has 0 aliphatic heterocycles. The van der Waals surface area contributed by atoms with Gasteiger partial charge in [-0.1, -0.05) is 0 Å². The second-order valence-electron chi connectivity index (χ2n) is 4.07. The number of rotatable bonds is 5. The predicted molar refractivity (Wildman–Crippen MR) is 65.4 cm³/mol. The zero-order valence-electron chi connectivity index (χ0n) is 10.2. The van der Waals surface area contributed by atoms with E-state index in [0.717, 1.165) is 25.5 Å². The van der Waals surface area contributed by atoms with Crippen molar-refractivity contribution in [3.63, 3.8) is 0 Å². The third-order valence-electron chi connectivity index (χ3n) is 2.42. The fourth-order valence-corrected chi connectivity index (χ4v) is 1.45. The third kappa shape index (κ3) is 3.88. The van der Waals surface area contributed by atoms with Crippen molar-refractivity contribution in [1.82, 2.24) is 9.88 Å². The molecule has 1 rings (SSSR count). The Kier molecular flexibility index (Phi) is 4.56. The average molecular weight is 207 g/mol. The van der Waals surface area contributed by atoms with E-state index in [1.165, 1.54) is 5.56 Å². The normalized spacial score (nSPS) is 10.7. The van der Waals surface area contributed by atoms with Gasteiger partial charge in [-0.2, -0.15) is 0 Å². The zero-order valence-corrected chi connectivity index (χ0v) is 10.2. The Hall–Kier alpha value is -1.09. The van der Waals surface area contributed by atoms with E-state index in [1.807, 2.05) is 12.3 Å². The van der Waals surface area contributed by atoms with Crippen molar-refractivity contribution < 1.29 is 0 Å². The molecule has 3 nitrogen and oxygen atoms in total. The molecule has 0 aliphatic rings. The first-order valence-corrected chi connectivity index (χ1v) is 5.45. The number of aryl methyl sites for hydroxylation is 1. The molecule has 1 aromatic heterocycles. The van der Waals surface area contributed by atoms with Crippen LogP contribution in [-0.2, 0) is 0 Å². The van der Waals surface area contributed by atoms with Gasteiger partial charge in [-0.3, -0.25) is 0 Å². The third-order valence-corrected chi connectivity index (χ3v) is 2.42. The molecule has 0 aromatic carbocycles. The maximum atomic E-state index is 4.40. The number of likely N-dealkylation sites (N-methyl/N-ethyl adjacent to an activating group) is 2. The Morgan fingerprint density at radius 2 is 2.00 bits per heavy atom. The minimum Gasteiger partial charge on any atom is -0.356 e. The van der Waals surface area contributed by atoms with Crippen LogP contribution in [0.3, 0.4) is 0 Å². The zero-order chi connectivity index (χ0) is 11.3. The van der Waals surface area contributed by atoms with E-state index in [-0.39, 0.29) is 0 Å². The van der Waals surface area contributed by atoms with Gasteiger partial charge < -0.3 is 9.80 Å². The fraction of sp³-hybridized carbons (Fsp3) is 0.583. The summed E-state index contributed by atoms with van der Waals surface area (Å²) in [6.07, 6.45) is 1.88. The van der Waals surface area contributed by atoms with E-state index in [4.69, 9.17) is 0 Å². The molecular formula is C12H21N3. The number of aromatic nitrogens is 1. The second kappa shape index (κ2) is 5.71. The van der Waals surface area contributed by atoms with Gasteiger partial charge in [0.2, 0.25) is 0 Å². The molecule has 1 aromatic rings. The largest absolute Gasteiger partial charge is 0.356 e. The summed E-state index contributed by atoms with van der Waals surface area (Å²) in [4.78, 5) is 8.89. The van der Waals surface area contributed by atoms with Crippen molar-refractivity contribution in [1.29, 1.82) is 0 Å². The molecule has 1 heterocycles. The van der Waals surface area contributed by atoms with Gasteiger partial charge in [-0.05, 0) is 45.6 Å². The number of anilines is 1. The maximum absolute atomic E-state index is 4.40. The van der Waals surface area contributed by atoms with Crippen LogP contribution in [0.1, 0.15) is 12.5 Å². The van der Waals surface area contributed by atoms with Gasteiger partial charge in [-0.15, -0.1) is 0 Å². The Morgan fingerprint density at radius 1 is 1.27 bits per heavy atom. The molecule has 0 amide bonds. The Bertz CT molecular complexity index is 297. The van der Waals surface area contributed by atoms with Crippen LogP contribution in [0.4, 0.5) is 5.82 Å². The number of pyridine rings is 1. The smallest absolute Gasteiger partial charge is 0.128 e. The van der Waals surface area contributed by atoms with Gasteiger partial charge in [0.25, 0.3) is 0 Å². The van der Waals surface area contributed by atoms with E-state index in [0.29, 0.717) is 0 Å². The number of hydrogen-bond donors (Lipinski definition) is 0. The molecule has 0 spiro atoms. The van der Waals surface area contributed by atoms with Crippen LogP contribution in [0.5, 0.6) is 0 Å². The van der Waals surface area contributed by atoms with Crippen LogP contribution < -0.4 is 4.90 Å². The molecule has 0 aliphatic carbocycles. The highest BCUT2D eigenvalue weighted by molar-refractivity contribution is 5.40. The lowest BCUT2D eigenvalue weighted by Gasteiger charge is -2.23. The first kappa shape index (κ1) is 12.0. The molecule has 0 atom stereocenters. The van der Waals surface area contributed by atoms with Crippen molar-refractivity contribution in [2.24, 2.45) is 0 Å². The Balaban J connectivity index is 2.65. The minimum atomic E-state index is 1.00. The molecule has 0 fully saturated rings. The van der Waals surface area contributed by atoms with Gasteiger partial charge in [-0.25, -0.2) is 4.98 Å². The van der Waals surface area contributed by atoms with Gasteiger partial charge in [0.15, 0.2) is 0 Å². The Morgan fingerprint density at radius 3 is 2.53 bits per heavy atom. The lowest BCUT2D eigenvalue weighted by atomic mass is 10.3. The highest BCUT2D eigenvalue weighted by atomic mass is 15.2. The number of hydrogen-bond acceptors (Lipinski definition) is 3. The summed E-state index contributed by atoms with van der Waals surface area (Å²) in [5, 5.41) is 0. The van der Waals surface area contributed by atoms with E-state index < -0.39 is 0 Å². The minimum absolute atomic E-state index is 1.00. The Labute approximate surface area is 92.7 Å². The molecule has 0 radical (unpaired) electrons. The van der Waals surface area contributed by atoms with Crippen molar-refractivity contribution in [3.05, 3.63) is 23.9 Å². The summed E-state index contributed by atoms with van der Waals surface area (Å²) in [7, 11) is 4.19. The van der Waals surface area contributed by atoms with Gasteiger partial charge in [0.1, 0.15) is 5.82 Å². The lowest BCUT2D eigenvalue weighted by molar-refractivity contribution is 0.413. The fourth-order valence-electron chi connectivity index (χ4n) is 1.45. The van der Waals surface area contributed by atoms with Gasteiger partial charge in [0.05, 0.1) is 0 Å². The van der Waals surface area contributed by atoms with E-state index in [1.54, 1.807) is 0 Å². The SMILES string of the molecule is CCN(CCN(C)C)c1cc(C)ccn1. The summed E-state index contributed by atoms with van der Waals surface area (Å²) < 4.78 is 0. The van der Waals surface area contributed by atoms with Crippen LogP contribution in [0, 0.1) is 6.92 Å². The van der Waals surface area contributed by atoms with Gasteiger partial charge >= 0.3 is 0 Å². The molecule has 0 N–H and O–H groups in total. The van der Waals surface area contributed by atoms with E-state index >= 15 is 0 Å². The monoisotopic (exact) mass is 207 g/mol. The molecule has 0 saturated carbocycles. The summed E-state index contributed by atoms with van der Waals surface area (Å²) >= 11 is 0. The van der Waals surface area contributed by atoms with Crippen molar-refractivity contribution in [3.8, 4) is 0 Å². The molecule has 0 saturated heterocycles. The molecule has 84 valence electrons. The molecule has 15 heavy (non-hydrogen) atoms. The van der Waals surface area contributed by atoms with E-state index in [2.05, 4.69) is 48.8 Å². The summed E-state index contributed by atoms with van der Waals surface area (Å²) in [6, 6.07) is 4.17. The molecule has 0 bridgehead atoms. The van der Waals surface area contributed by atoms with Crippen molar-refractivity contribution in [2.45, 2.75) is 13.8 Å². The summed E-state index contributed by atoms with van der Waals surface area (Å²) in [5.74, 6) is 1.08. The van der Waals surface area contributed by atoms with Crippen molar-refractivity contribution in [2.75, 3.05) is 38.6 Å². The molecular weight excluding hydrogens is 186 g/mol.